The fraction of sp³-hybridized carbons (Fsp3) is 0.273. The van der Waals surface area contributed by atoms with Crippen LogP contribution in [0.25, 0.3) is 0 Å². The lowest BCUT2D eigenvalue weighted by Gasteiger charge is -2.16. The molecule has 2 aromatic heterocycles. The van der Waals surface area contributed by atoms with Crippen LogP contribution in [0.15, 0.2) is 48.9 Å². The van der Waals surface area contributed by atoms with Crippen LogP contribution in [0.5, 0.6) is 0 Å². The third-order valence-electron chi connectivity index (χ3n) is 5.48. The van der Waals surface area contributed by atoms with E-state index in [9.17, 15) is 22.8 Å². The van der Waals surface area contributed by atoms with Crippen molar-refractivity contribution in [2.24, 2.45) is 5.41 Å². The van der Waals surface area contributed by atoms with Crippen LogP contribution < -0.4 is 10.6 Å². The SMILES string of the molecule is O=C(CC1(C(=O)NCc2ccc(Nc3ccc(Cl)cc3C(F)(F)F)cn2)CC1)c1cn[nH]c1. The van der Waals surface area contributed by atoms with Crippen molar-refractivity contribution in [3.8, 4) is 0 Å². The summed E-state index contributed by atoms with van der Waals surface area (Å²) in [5.74, 6) is -0.371. The number of rotatable bonds is 8. The van der Waals surface area contributed by atoms with Crippen molar-refractivity contribution in [2.45, 2.75) is 32.0 Å². The minimum Gasteiger partial charge on any atom is -0.354 e. The number of Topliss-reactive ketones (excluding diaryl/α,β-unsaturated/α-hetero) is 1. The van der Waals surface area contributed by atoms with Crippen molar-refractivity contribution in [3.63, 3.8) is 0 Å². The number of H-pyrrole nitrogens is 1. The van der Waals surface area contributed by atoms with E-state index in [1.165, 1.54) is 30.7 Å². The first-order chi connectivity index (χ1) is 15.7. The van der Waals surface area contributed by atoms with Crippen LogP contribution in [0.4, 0.5) is 24.5 Å². The third kappa shape index (κ3) is 5.33. The van der Waals surface area contributed by atoms with E-state index in [0.29, 0.717) is 29.8 Å². The summed E-state index contributed by atoms with van der Waals surface area (Å²) in [4.78, 5) is 29.1. The van der Waals surface area contributed by atoms with E-state index in [2.05, 4.69) is 25.8 Å². The van der Waals surface area contributed by atoms with Gasteiger partial charge in [0.15, 0.2) is 5.78 Å². The lowest BCUT2D eigenvalue weighted by molar-refractivity contribution is -0.137. The highest BCUT2D eigenvalue weighted by Crippen LogP contribution is 2.49. The lowest BCUT2D eigenvalue weighted by Crippen LogP contribution is -2.33. The second-order valence-electron chi connectivity index (χ2n) is 7.90. The van der Waals surface area contributed by atoms with Gasteiger partial charge in [-0.2, -0.15) is 18.3 Å². The quantitative estimate of drug-likeness (QED) is 0.401. The Labute approximate surface area is 191 Å². The molecule has 33 heavy (non-hydrogen) atoms. The van der Waals surface area contributed by atoms with Crippen molar-refractivity contribution in [2.75, 3.05) is 5.32 Å². The Bertz CT molecular complexity index is 1160. The van der Waals surface area contributed by atoms with E-state index >= 15 is 0 Å². The molecule has 7 nitrogen and oxygen atoms in total. The molecule has 1 saturated carbocycles. The number of hydrogen-bond donors (Lipinski definition) is 3. The zero-order valence-corrected chi connectivity index (χ0v) is 17.9. The van der Waals surface area contributed by atoms with Gasteiger partial charge in [-0.25, -0.2) is 0 Å². The Hall–Kier alpha value is -3.40. The maximum absolute atomic E-state index is 13.3. The highest BCUT2D eigenvalue weighted by atomic mass is 35.5. The number of carbonyl (C=O) groups excluding carboxylic acids is 2. The predicted octanol–water partition coefficient (Wildman–Crippen LogP) is 4.89. The molecule has 172 valence electrons. The molecule has 0 bridgehead atoms. The Balaban J connectivity index is 1.35. The van der Waals surface area contributed by atoms with Crippen molar-refractivity contribution in [1.29, 1.82) is 0 Å². The number of amides is 1. The molecule has 1 aliphatic carbocycles. The highest BCUT2D eigenvalue weighted by molar-refractivity contribution is 6.30. The topological polar surface area (TPSA) is 99.8 Å². The molecule has 0 aliphatic heterocycles. The first kappa shape index (κ1) is 22.8. The minimum atomic E-state index is -4.57. The normalized spacial score (nSPS) is 14.5. The Morgan fingerprint density at radius 2 is 1.94 bits per heavy atom. The number of nitrogens with one attached hydrogen (secondary N) is 3. The smallest absolute Gasteiger partial charge is 0.354 e. The molecule has 3 aromatic rings. The van der Waals surface area contributed by atoms with Crippen molar-refractivity contribution in [1.82, 2.24) is 20.5 Å². The van der Waals surface area contributed by atoms with Crippen LogP contribution >= 0.6 is 11.6 Å². The van der Waals surface area contributed by atoms with Gasteiger partial charge in [0.1, 0.15) is 0 Å². The summed E-state index contributed by atoms with van der Waals surface area (Å²) in [6, 6.07) is 6.63. The van der Waals surface area contributed by atoms with E-state index in [1.54, 1.807) is 12.1 Å². The molecule has 0 spiro atoms. The summed E-state index contributed by atoms with van der Waals surface area (Å²) in [6.07, 6.45) is 1.10. The summed E-state index contributed by atoms with van der Waals surface area (Å²) in [7, 11) is 0. The summed E-state index contributed by atoms with van der Waals surface area (Å²) < 4.78 is 39.8. The van der Waals surface area contributed by atoms with E-state index in [0.717, 1.165) is 6.07 Å². The van der Waals surface area contributed by atoms with Gasteiger partial charge in [-0.1, -0.05) is 11.6 Å². The Kier molecular flexibility index (Phi) is 6.11. The standard InChI is InChI=1S/C22H19ClF3N5O2/c23-14-1-4-18(17(7-14)22(24,25)26)31-16-3-2-15(27-12-16)11-28-20(33)21(5-6-21)8-19(32)13-9-29-30-10-13/h1-4,7,9-10,12,31H,5-6,8,11H2,(H,28,33)(H,29,30). The van der Waals surface area contributed by atoms with Gasteiger partial charge in [-0.05, 0) is 43.2 Å². The number of hydrogen-bond acceptors (Lipinski definition) is 5. The summed E-state index contributed by atoms with van der Waals surface area (Å²) >= 11 is 5.70. The number of nitrogens with zero attached hydrogens (tertiary/aromatic N) is 2. The fourth-order valence-corrected chi connectivity index (χ4v) is 3.60. The van der Waals surface area contributed by atoms with Crippen LogP contribution in [0.2, 0.25) is 5.02 Å². The summed E-state index contributed by atoms with van der Waals surface area (Å²) in [5, 5.41) is 11.8. The minimum absolute atomic E-state index is 0.0167. The van der Waals surface area contributed by atoms with Crippen molar-refractivity contribution >= 4 is 34.7 Å². The molecule has 0 radical (unpaired) electrons. The van der Waals surface area contributed by atoms with Gasteiger partial charge in [0.25, 0.3) is 0 Å². The number of aromatic amines is 1. The molecule has 1 amide bonds. The number of alkyl halides is 3. The van der Waals surface area contributed by atoms with E-state index in [-0.39, 0.29) is 35.4 Å². The van der Waals surface area contributed by atoms with Gasteiger partial charge in [-0.15, -0.1) is 0 Å². The summed E-state index contributed by atoms with van der Waals surface area (Å²) in [6.45, 7) is 0.134. The van der Waals surface area contributed by atoms with Gasteiger partial charge in [0, 0.05) is 17.6 Å². The van der Waals surface area contributed by atoms with E-state index in [1.807, 2.05) is 0 Å². The first-order valence-corrected chi connectivity index (χ1v) is 10.4. The second-order valence-corrected chi connectivity index (χ2v) is 8.34. The second kappa shape index (κ2) is 8.86. The van der Waals surface area contributed by atoms with Crippen molar-refractivity contribution in [3.05, 3.63) is 70.8 Å². The first-order valence-electron chi connectivity index (χ1n) is 10.1. The highest BCUT2D eigenvalue weighted by Gasteiger charge is 2.51. The molecule has 0 saturated heterocycles. The summed E-state index contributed by atoms with van der Waals surface area (Å²) in [5.41, 5.74) is -0.425. The van der Waals surface area contributed by atoms with Gasteiger partial charge < -0.3 is 10.6 Å². The molecule has 1 aromatic carbocycles. The number of anilines is 2. The van der Waals surface area contributed by atoms with Gasteiger partial charge >= 0.3 is 6.18 Å². The zero-order valence-electron chi connectivity index (χ0n) is 17.2. The molecule has 11 heteroatoms. The van der Waals surface area contributed by atoms with Crippen LogP contribution in [0.3, 0.4) is 0 Å². The molecule has 1 aliphatic rings. The Morgan fingerprint density at radius 1 is 1.15 bits per heavy atom. The lowest BCUT2D eigenvalue weighted by atomic mass is 9.96. The van der Waals surface area contributed by atoms with Crippen LogP contribution in [-0.2, 0) is 17.5 Å². The molecule has 0 atom stereocenters. The van der Waals surface area contributed by atoms with Crippen LogP contribution in [0.1, 0.15) is 40.9 Å². The van der Waals surface area contributed by atoms with Gasteiger partial charge in [0.05, 0.1) is 52.5 Å². The zero-order chi connectivity index (χ0) is 23.6. The number of pyridine rings is 1. The Morgan fingerprint density at radius 3 is 2.55 bits per heavy atom. The van der Waals surface area contributed by atoms with Crippen LogP contribution in [-0.4, -0.2) is 26.9 Å². The molecule has 3 N–H and O–H groups in total. The number of halogens is 4. The van der Waals surface area contributed by atoms with Crippen LogP contribution in [0, 0.1) is 5.41 Å². The molecule has 2 heterocycles. The maximum Gasteiger partial charge on any atom is 0.418 e. The molecule has 4 rings (SSSR count). The average Bonchev–Trinajstić information content (AvgIpc) is 3.33. The largest absolute Gasteiger partial charge is 0.418 e. The average molecular weight is 478 g/mol. The fourth-order valence-electron chi connectivity index (χ4n) is 3.42. The molecular formula is C22H19ClF3N5O2. The number of carbonyl (C=O) groups is 2. The maximum atomic E-state index is 13.3. The van der Waals surface area contributed by atoms with Crippen molar-refractivity contribution < 1.29 is 22.8 Å². The monoisotopic (exact) mass is 477 g/mol. The number of ketones is 1. The molecule has 1 fully saturated rings. The van der Waals surface area contributed by atoms with Gasteiger partial charge in [-0.3, -0.25) is 19.7 Å². The molecule has 0 unspecified atom stereocenters. The number of aromatic nitrogens is 3. The molecular weight excluding hydrogens is 459 g/mol. The van der Waals surface area contributed by atoms with E-state index < -0.39 is 17.2 Å². The predicted molar refractivity (Wildman–Crippen MR) is 115 cm³/mol. The van der Waals surface area contributed by atoms with Gasteiger partial charge in [0.2, 0.25) is 5.91 Å². The number of benzene rings is 1. The van der Waals surface area contributed by atoms with E-state index in [4.69, 9.17) is 11.6 Å². The third-order valence-corrected chi connectivity index (χ3v) is 5.71.